The van der Waals surface area contributed by atoms with E-state index in [9.17, 15) is 0 Å². The van der Waals surface area contributed by atoms with Crippen LogP contribution in [0.25, 0.3) is 0 Å². The monoisotopic (exact) mass is 183 g/mol. The van der Waals surface area contributed by atoms with Gasteiger partial charge in [-0.3, -0.25) is 0 Å². The fourth-order valence-corrected chi connectivity index (χ4v) is 2.10. The number of unbranched alkanes of at least 4 members (excludes halogenated alkanes) is 2. The van der Waals surface area contributed by atoms with E-state index in [0.717, 1.165) is 12.5 Å². The van der Waals surface area contributed by atoms with Crippen molar-refractivity contribution in [2.75, 3.05) is 6.54 Å². The highest BCUT2D eigenvalue weighted by Crippen LogP contribution is 2.50. The molecule has 0 aromatic carbocycles. The maximum atomic E-state index is 5.79. The summed E-state index contributed by atoms with van der Waals surface area (Å²) in [5, 5.41) is 0. The molecule has 0 aromatic rings. The quantitative estimate of drug-likeness (QED) is 0.602. The molecular formula is C12H25N. The van der Waals surface area contributed by atoms with E-state index in [1.54, 1.807) is 0 Å². The van der Waals surface area contributed by atoms with Gasteiger partial charge in [-0.1, -0.05) is 33.1 Å². The molecule has 0 aromatic heterocycles. The third-order valence-electron chi connectivity index (χ3n) is 3.43. The van der Waals surface area contributed by atoms with Crippen LogP contribution in [0.5, 0.6) is 0 Å². The molecule has 2 N–H and O–H groups in total. The molecule has 1 heteroatoms. The predicted octanol–water partition coefficient (Wildman–Crippen LogP) is 3.33. The molecule has 1 aliphatic carbocycles. The molecule has 0 aliphatic heterocycles. The molecule has 0 heterocycles. The summed E-state index contributed by atoms with van der Waals surface area (Å²) in [6.07, 6.45) is 9.72. The zero-order chi connectivity index (χ0) is 9.73. The van der Waals surface area contributed by atoms with Gasteiger partial charge in [0.15, 0.2) is 0 Å². The second kappa shape index (κ2) is 4.99. The van der Waals surface area contributed by atoms with Crippen molar-refractivity contribution in [1.82, 2.24) is 0 Å². The Morgan fingerprint density at radius 3 is 2.46 bits per heavy atom. The van der Waals surface area contributed by atoms with E-state index in [2.05, 4.69) is 13.8 Å². The first kappa shape index (κ1) is 11.0. The Morgan fingerprint density at radius 2 is 2.00 bits per heavy atom. The lowest BCUT2D eigenvalue weighted by molar-refractivity contribution is 0.352. The van der Waals surface area contributed by atoms with E-state index in [4.69, 9.17) is 5.73 Å². The lowest BCUT2D eigenvalue weighted by Gasteiger charge is -2.18. The Morgan fingerprint density at radius 1 is 1.31 bits per heavy atom. The van der Waals surface area contributed by atoms with Gasteiger partial charge in [0.1, 0.15) is 0 Å². The van der Waals surface area contributed by atoms with Gasteiger partial charge in [0.25, 0.3) is 0 Å². The van der Waals surface area contributed by atoms with Crippen molar-refractivity contribution in [2.45, 2.75) is 58.8 Å². The summed E-state index contributed by atoms with van der Waals surface area (Å²) in [6.45, 7) is 5.58. The van der Waals surface area contributed by atoms with Gasteiger partial charge in [0.2, 0.25) is 0 Å². The van der Waals surface area contributed by atoms with Crippen LogP contribution in [0.15, 0.2) is 0 Å². The molecule has 1 rings (SSSR count). The molecule has 0 radical (unpaired) electrons. The fraction of sp³-hybridized carbons (Fsp3) is 1.00. The Hall–Kier alpha value is -0.0400. The lowest BCUT2D eigenvalue weighted by Crippen LogP contribution is -2.17. The molecule has 0 bridgehead atoms. The second-order valence-electron chi connectivity index (χ2n) is 5.11. The van der Waals surface area contributed by atoms with Crippen LogP contribution in [-0.4, -0.2) is 6.54 Å². The minimum absolute atomic E-state index is 0.691. The van der Waals surface area contributed by atoms with Crippen LogP contribution in [0.2, 0.25) is 0 Å². The van der Waals surface area contributed by atoms with Crippen molar-refractivity contribution >= 4 is 0 Å². The predicted molar refractivity (Wildman–Crippen MR) is 58.6 cm³/mol. The highest BCUT2D eigenvalue weighted by atomic mass is 14.6. The van der Waals surface area contributed by atoms with Crippen molar-refractivity contribution in [3.05, 3.63) is 0 Å². The molecule has 13 heavy (non-hydrogen) atoms. The molecular weight excluding hydrogens is 158 g/mol. The van der Waals surface area contributed by atoms with Crippen molar-refractivity contribution in [3.63, 3.8) is 0 Å². The van der Waals surface area contributed by atoms with E-state index in [1.807, 2.05) is 0 Å². The van der Waals surface area contributed by atoms with Gasteiger partial charge in [-0.2, -0.15) is 0 Å². The first-order chi connectivity index (χ1) is 6.20. The normalized spacial score (nSPS) is 21.5. The van der Waals surface area contributed by atoms with Crippen molar-refractivity contribution in [3.8, 4) is 0 Å². The van der Waals surface area contributed by atoms with Gasteiger partial charge < -0.3 is 5.73 Å². The molecule has 0 saturated heterocycles. The van der Waals surface area contributed by atoms with E-state index >= 15 is 0 Å². The summed E-state index contributed by atoms with van der Waals surface area (Å²) in [5.41, 5.74) is 6.48. The largest absolute Gasteiger partial charge is 0.330 e. The molecule has 1 atom stereocenters. The summed E-state index contributed by atoms with van der Waals surface area (Å²) in [5.74, 6) is 0.805. The van der Waals surface area contributed by atoms with Gasteiger partial charge in [-0.25, -0.2) is 0 Å². The SMILES string of the molecule is CCCCCC(CN)CC1(C)CC1. The second-order valence-corrected chi connectivity index (χ2v) is 5.11. The standard InChI is InChI=1S/C12H25N/c1-3-4-5-6-11(10-13)9-12(2)7-8-12/h11H,3-10,13H2,1-2H3. The van der Waals surface area contributed by atoms with Crippen LogP contribution in [0.4, 0.5) is 0 Å². The van der Waals surface area contributed by atoms with E-state index in [0.29, 0.717) is 5.41 Å². The highest BCUT2D eigenvalue weighted by molar-refractivity contribution is 4.90. The van der Waals surface area contributed by atoms with Crippen LogP contribution >= 0.6 is 0 Å². The molecule has 1 fully saturated rings. The maximum absolute atomic E-state index is 5.79. The van der Waals surface area contributed by atoms with Crippen molar-refractivity contribution in [2.24, 2.45) is 17.1 Å². The topological polar surface area (TPSA) is 26.0 Å². The first-order valence-electron chi connectivity index (χ1n) is 5.90. The van der Waals surface area contributed by atoms with Crippen LogP contribution in [0.1, 0.15) is 58.8 Å². The van der Waals surface area contributed by atoms with E-state index in [-0.39, 0.29) is 0 Å². The molecule has 1 saturated carbocycles. The number of hydrogen-bond donors (Lipinski definition) is 1. The third-order valence-corrected chi connectivity index (χ3v) is 3.43. The minimum Gasteiger partial charge on any atom is -0.330 e. The smallest absolute Gasteiger partial charge is 0.00487 e. The first-order valence-corrected chi connectivity index (χ1v) is 5.90. The summed E-state index contributed by atoms with van der Waals surface area (Å²) in [7, 11) is 0. The Bertz CT molecular complexity index is 138. The van der Waals surface area contributed by atoms with E-state index in [1.165, 1.54) is 44.9 Å². The summed E-state index contributed by atoms with van der Waals surface area (Å²) in [6, 6.07) is 0. The van der Waals surface area contributed by atoms with Crippen LogP contribution in [0.3, 0.4) is 0 Å². The highest BCUT2D eigenvalue weighted by Gasteiger charge is 2.38. The van der Waals surface area contributed by atoms with Crippen LogP contribution < -0.4 is 5.73 Å². The Balaban J connectivity index is 2.11. The molecule has 1 nitrogen and oxygen atoms in total. The van der Waals surface area contributed by atoms with Crippen LogP contribution in [0, 0.1) is 11.3 Å². The van der Waals surface area contributed by atoms with Gasteiger partial charge in [0.05, 0.1) is 0 Å². The molecule has 78 valence electrons. The Kier molecular flexibility index (Phi) is 4.24. The van der Waals surface area contributed by atoms with E-state index < -0.39 is 0 Å². The zero-order valence-electron chi connectivity index (χ0n) is 9.31. The summed E-state index contributed by atoms with van der Waals surface area (Å²) in [4.78, 5) is 0. The van der Waals surface area contributed by atoms with Gasteiger partial charge in [0, 0.05) is 0 Å². The lowest BCUT2D eigenvalue weighted by atomic mass is 9.89. The average molecular weight is 183 g/mol. The Labute approximate surface area is 83.1 Å². The number of rotatable bonds is 7. The molecule has 1 unspecified atom stereocenters. The molecule has 0 amide bonds. The van der Waals surface area contributed by atoms with Gasteiger partial charge in [-0.05, 0) is 43.6 Å². The summed E-state index contributed by atoms with van der Waals surface area (Å²) < 4.78 is 0. The zero-order valence-corrected chi connectivity index (χ0v) is 9.31. The molecule has 0 spiro atoms. The number of nitrogens with two attached hydrogens (primary N) is 1. The summed E-state index contributed by atoms with van der Waals surface area (Å²) >= 11 is 0. The third kappa shape index (κ3) is 4.12. The number of hydrogen-bond acceptors (Lipinski definition) is 1. The fourth-order valence-electron chi connectivity index (χ4n) is 2.10. The van der Waals surface area contributed by atoms with Gasteiger partial charge >= 0.3 is 0 Å². The van der Waals surface area contributed by atoms with Crippen molar-refractivity contribution < 1.29 is 0 Å². The average Bonchev–Trinajstić information content (AvgIpc) is 2.83. The minimum atomic E-state index is 0.691. The maximum Gasteiger partial charge on any atom is -0.00487 e. The van der Waals surface area contributed by atoms with Gasteiger partial charge in [-0.15, -0.1) is 0 Å². The van der Waals surface area contributed by atoms with Crippen molar-refractivity contribution in [1.29, 1.82) is 0 Å². The van der Waals surface area contributed by atoms with Crippen LogP contribution in [-0.2, 0) is 0 Å². The molecule has 1 aliphatic rings.